The van der Waals surface area contributed by atoms with E-state index in [1.165, 1.54) is 12.1 Å². The topological polar surface area (TPSA) is 38.0 Å². The number of rotatable bonds is 3. The molecule has 100 valence electrons. The molecule has 1 unspecified atom stereocenters. The fourth-order valence-electron chi connectivity index (χ4n) is 2.25. The van der Waals surface area contributed by atoms with E-state index in [0.29, 0.717) is 0 Å². The summed E-state index contributed by atoms with van der Waals surface area (Å²) >= 11 is 3.47. The van der Waals surface area contributed by atoms with Crippen LogP contribution in [0.4, 0.5) is 4.39 Å². The summed E-state index contributed by atoms with van der Waals surface area (Å²) < 4.78 is 14.5. The fraction of sp³-hybridized carbons (Fsp3) is 0.200. The van der Waals surface area contributed by atoms with Gasteiger partial charge in [0.1, 0.15) is 5.82 Å². The number of hydrogen-bond donors (Lipinski definition) is 2. The first-order chi connectivity index (χ1) is 8.99. The summed E-state index contributed by atoms with van der Waals surface area (Å²) in [5.74, 6) is 5.40. The van der Waals surface area contributed by atoms with Crippen LogP contribution < -0.4 is 11.3 Å². The minimum absolute atomic E-state index is 0.231. The third kappa shape index (κ3) is 3.41. The Kier molecular flexibility index (Phi) is 4.34. The molecule has 0 saturated carbocycles. The van der Waals surface area contributed by atoms with E-state index in [0.717, 1.165) is 26.7 Å². The van der Waals surface area contributed by atoms with Crippen LogP contribution in [0.1, 0.15) is 28.3 Å². The minimum atomic E-state index is -0.248. The quantitative estimate of drug-likeness (QED) is 0.667. The molecule has 0 aliphatic carbocycles. The lowest BCUT2D eigenvalue weighted by Gasteiger charge is -2.18. The molecule has 19 heavy (non-hydrogen) atoms. The second-order valence-electron chi connectivity index (χ2n) is 4.72. The van der Waals surface area contributed by atoms with Gasteiger partial charge >= 0.3 is 0 Å². The lowest BCUT2D eigenvalue weighted by atomic mass is 9.96. The Morgan fingerprint density at radius 1 is 1.00 bits per heavy atom. The Balaban J connectivity index is 2.49. The number of hydrazine groups is 1. The van der Waals surface area contributed by atoms with Crippen molar-refractivity contribution in [3.05, 3.63) is 68.9 Å². The Hall–Kier alpha value is -1.23. The molecular formula is C15H16BrFN2. The van der Waals surface area contributed by atoms with Gasteiger partial charge in [0.05, 0.1) is 6.04 Å². The summed E-state index contributed by atoms with van der Waals surface area (Å²) in [4.78, 5) is 0. The van der Waals surface area contributed by atoms with Crippen LogP contribution in [-0.2, 0) is 0 Å². The fourth-order valence-corrected chi connectivity index (χ4v) is 2.87. The summed E-state index contributed by atoms with van der Waals surface area (Å²) in [6.07, 6.45) is 0. The zero-order chi connectivity index (χ0) is 14.0. The second kappa shape index (κ2) is 5.82. The predicted molar refractivity (Wildman–Crippen MR) is 79.2 cm³/mol. The van der Waals surface area contributed by atoms with Gasteiger partial charge in [0.25, 0.3) is 0 Å². The average Bonchev–Trinajstić information content (AvgIpc) is 2.27. The highest BCUT2D eigenvalue weighted by atomic mass is 79.9. The van der Waals surface area contributed by atoms with Gasteiger partial charge in [0.15, 0.2) is 0 Å². The molecule has 0 amide bonds. The molecule has 2 aromatic carbocycles. The number of hydrogen-bond acceptors (Lipinski definition) is 2. The monoisotopic (exact) mass is 322 g/mol. The van der Waals surface area contributed by atoms with E-state index in [-0.39, 0.29) is 11.9 Å². The van der Waals surface area contributed by atoms with Gasteiger partial charge in [-0.2, -0.15) is 0 Å². The highest BCUT2D eigenvalue weighted by molar-refractivity contribution is 9.10. The lowest BCUT2D eigenvalue weighted by Crippen LogP contribution is -2.29. The van der Waals surface area contributed by atoms with Crippen LogP contribution >= 0.6 is 15.9 Å². The summed E-state index contributed by atoms with van der Waals surface area (Å²) in [6.45, 7) is 3.88. The van der Waals surface area contributed by atoms with Crippen LogP contribution in [0.3, 0.4) is 0 Å². The standard InChI is InChI=1S/C15H16BrFN2/c1-9-3-11(7-13(16)5-9)15(19-18)12-4-10(2)6-14(17)8-12/h3-8,15,19H,18H2,1-2H3. The molecule has 0 aliphatic heterocycles. The number of halogens is 2. The van der Waals surface area contributed by atoms with Crippen LogP contribution in [0.15, 0.2) is 40.9 Å². The van der Waals surface area contributed by atoms with Crippen molar-refractivity contribution in [3.63, 3.8) is 0 Å². The summed E-state index contributed by atoms with van der Waals surface area (Å²) in [7, 11) is 0. The first kappa shape index (κ1) is 14.2. The number of nitrogens with one attached hydrogen (secondary N) is 1. The third-order valence-electron chi connectivity index (χ3n) is 2.96. The molecule has 3 N–H and O–H groups in total. The third-order valence-corrected chi connectivity index (χ3v) is 3.42. The molecule has 0 bridgehead atoms. The maximum atomic E-state index is 13.5. The van der Waals surface area contributed by atoms with Crippen LogP contribution in [0.2, 0.25) is 0 Å². The number of benzene rings is 2. The summed E-state index contributed by atoms with van der Waals surface area (Å²) in [6, 6.07) is 10.8. The van der Waals surface area contributed by atoms with Crippen molar-refractivity contribution in [2.45, 2.75) is 19.9 Å². The number of nitrogens with two attached hydrogens (primary N) is 1. The highest BCUT2D eigenvalue weighted by Crippen LogP contribution is 2.26. The second-order valence-corrected chi connectivity index (χ2v) is 5.64. The molecular weight excluding hydrogens is 307 g/mol. The lowest BCUT2D eigenvalue weighted by molar-refractivity contribution is 0.603. The van der Waals surface area contributed by atoms with Crippen LogP contribution in [0.25, 0.3) is 0 Å². The SMILES string of the molecule is Cc1cc(F)cc(C(NN)c2cc(C)cc(Br)c2)c1. The van der Waals surface area contributed by atoms with Crippen LogP contribution in [0, 0.1) is 19.7 Å². The molecule has 0 saturated heterocycles. The van der Waals surface area contributed by atoms with Gasteiger partial charge in [0, 0.05) is 4.47 Å². The molecule has 0 fully saturated rings. The van der Waals surface area contributed by atoms with Gasteiger partial charge < -0.3 is 0 Å². The minimum Gasteiger partial charge on any atom is -0.271 e. The molecule has 0 aliphatic rings. The molecule has 0 spiro atoms. The molecule has 2 aromatic rings. The Morgan fingerprint density at radius 3 is 2.11 bits per heavy atom. The van der Waals surface area contributed by atoms with Crippen molar-refractivity contribution >= 4 is 15.9 Å². The molecule has 2 rings (SSSR count). The average molecular weight is 323 g/mol. The van der Waals surface area contributed by atoms with Gasteiger partial charge in [-0.25, -0.2) is 9.82 Å². The van der Waals surface area contributed by atoms with Crippen LogP contribution in [0.5, 0.6) is 0 Å². The van der Waals surface area contributed by atoms with Gasteiger partial charge in [-0.3, -0.25) is 5.84 Å². The van der Waals surface area contributed by atoms with Gasteiger partial charge in [0.2, 0.25) is 0 Å². The summed E-state index contributed by atoms with van der Waals surface area (Å²) in [5, 5.41) is 0. The van der Waals surface area contributed by atoms with Gasteiger partial charge in [-0.15, -0.1) is 0 Å². The number of aryl methyl sites for hydroxylation is 2. The van der Waals surface area contributed by atoms with E-state index in [1.54, 1.807) is 0 Å². The predicted octanol–water partition coefficient (Wildman–Crippen LogP) is 3.76. The van der Waals surface area contributed by atoms with E-state index in [2.05, 4.69) is 21.4 Å². The normalized spacial score (nSPS) is 12.5. The molecule has 0 radical (unpaired) electrons. The highest BCUT2D eigenvalue weighted by Gasteiger charge is 2.14. The van der Waals surface area contributed by atoms with E-state index >= 15 is 0 Å². The van der Waals surface area contributed by atoms with Crippen molar-refractivity contribution < 1.29 is 4.39 Å². The maximum Gasteiger partial charge on any atom is 0.123 e. The molecule has 4 heteroatoms. The molecule has 0 aromatic heterocycles. The Labute approximate surface area is 120 Å². The van der Waals surface area contributed by atoms with Gasteiger partial charge in [-0.1, -0.05) is 28.1 Å². The van der Waals surface area contributed by atoms with E-state index < -0.39 is 0 Å². The first-order valence-corrected chi connectivity index (χ1v) is 6.79. The Morgan fingerprint density at radius 2 is 1.58 bits per heavy atom. The van der Waals surface area contributed by atoms with Crippen molar-refractivity contribution in [2.24, 2.45) is 5.84 Å². The van der Waals surface area contributed by atoms with Crippen molar-refractivity contribution in [1.82, 2.24) is 5.43 Å². The van der Waals surface area contributed by atoms with E-state index in [4.69, 9.17) is 5.84 Å². The van der Waals surface area contributed by atoms with Gasteiger partial charge in [-0.05, 0) is 60.4 Å². The largest absolute Gasteiger partial charge is 0.271 e. The molecule has 0 heterocycles. The smallest absolute Gasteiger partial charge is 0.123 e. The molecule has 1 atom stereocenters. The summed E-state index contributed by atoms with van der Waals surface area (Å²) in [5.41, 5.74) is 6.57. The molecule has 2 nitrogen and oxygen atoms in total. The zero-order valence-corrected chi connectivity index (χ0v) is 12.5. The van der Waals surface area contributed by atoms with E-state index in [9.17, 15) is 4.39 Å². The van der Waals surface area contributed by atoms with Crippen molar-refractivity contribution in [3.8, 4) is 0 Å². The van der Waals surface area contributed by atoms with Crippen LogP contribution in [-0.4, -0.2) is 0 Å². The van der Waals surface area contributed by atoms with Crippen molar-refractivity contribution in [1.29, 1.82) is 0 Å². The maximum absolute atomic E-state index is 13.5. The van der Waals surface area contributed by atoms with E-state index in [1.807, 2.05) is 38.1 Å². The first-order valence-electron chi connectivity index (χ1n) is 6.00. The zero-order valence-electron chi connectivity index (χ0n) is 10.9. The van der Waals surface area contributed by atoms with Crippen molar-refractivity contribution in [2.75, 3.05) is 0 Å². The Bertz CT molecular complexity index is 507.